The van der Waals surface area contributed by atoms with Gasteiger partial charge in [-0.15, -0.1) is 0 Å². The SMILES string of the molecule is CC(C)(C)OC(=O)NC1CCC1.O=CNNC(=O)c1ccccc1. The number of benzene rings is 1. The van der Waals surface area contributed by atoms with E-state index in [-0.39, 0.29) is 17.6 Å². The normalized spacial score (nSPS) is 13.5. The molecule has 0 aromatic heterocycles. The Labute approximate surface area is 142 Å². The van der Waals surface area contributed by atoms with Crippen LogP contribution in [0.1, 0.15) is 50.4 Å². The summed E-state index contributed by atoms with van der Waals surface area (Å²) in [6.45, 7) is 5.61. The van der Waals surface area contributed by atoms with E-state index in [2.05, 4.69) is 16.2 Å². The first-order valence-electron chi connectivity index (χ1n) is 7.86. The van der Waals surface area contributed by atoms with Crippen LogP contribution in [0.4, 0.5) is 4.79 Å². The molecular formula is C17H25N3O4. The van der Waals surface area contributed by atoms with Crippen LogP contribution in [0.15, 0.2) is 30.3 Å². The lowest BCUT2D eigenvalue weighted by atomic mass is 9.93. The van der Waals surface area contributed by atoms with Crippen LogP contribution in [-0.4, -0.2) is 30.1 Å². The first-order chi connectivity index (χ1) is 11.3. The third kappa shape index (κ3) is 8.17. The second kappa shape index (κ2) is 9.54. The molecular weight excluding hydrogens is 310 g/mol. The quantitative estimate of drug-likeness (QED) is 0.580. The molecule has 0 spiro atoms. The van der Waals surface area contributed by atoms with Crippen LogP contribution in [0.25, 0.3) is 0 Å². The summed E-state index contributed by atoms with van der Waals surface area (Å²) in [6, 6.07) is 8.97. The van der Waals surface area contributed by atoms with Crippen LogP contribution in [0.3, 0.4) is 0 Å². The Kier molecular flexibility index (Phi) is 7.74. The molecule has 7 nitrogen and oxygen atoms in total. The van der Waals surface area contributed by atoms with Crippen molar-refractivity contribution in [2.24, 2.45) is 0 Å². The fourth-order valence-corrected chi connectivity index (χ4v) is 1.78. The average Bonchev–Trinajstić information content (AvgIpc) is 2.48. The second-order valence-electron chi connectivity index (χ2n) is 6.36. The van der Waals surface area contributed by atoms with Gasteiger partial charge in [0.25, 0.3) is 5.91 Å². The minimum Gasteiger partial charge on any atom is -0.444 e. The van der Waals surface area contributed by atoms with E-state index >= 15 is 0 Å². The highest BCUT2D eigenvalue weighted by Gasteiger charge is 2.22. The van der Waals surface area contributed by atoms with E-state index < -0.39 is 0 Å². The first-order valence-corrected chi connectivity index (χ1v) is 7.86. The van der Waals surface area contributed by atoms with Crippen LogP contribution in [0.2, 0.25) is 0 Å². The Balaban J connectivity index is 0.000000240. The zero-order chi connectivity index (χ0) is 18.0. The summed E-state index contributed by atoms with van der Waals surface area (Å²) < 4.78 is 5.09. The molecule has 0 atom stereocenters. The van der Waals surface area contributed by atoms with Gasteiger partial charge in [-0.25, -0.2) is 4.79 Å². The zero-order valence-electron chi connectivity index (χ0n) is 14.3. The van der Waals surface area contributed by atoms with Crippen LogP contribution >= 0.6 is 0 Å². The van der Waals surface area contributed by atoms with Crippen LogP contribution < -0.4 is 16.2 Å². The lowest BCUT2D eigenvalue weighted by molar-refractivity contribution is -0.110. The first kappa shape index (κ1) is 19.5. The van der Waals surface area contributed by atoms with Crippen LogP contribution in [0, 0.1) is 0 Å². The number of carbonyl (C=O) groups excluding carboxylic acids is 3. The van der Waals surface area contributed by atoms with Gasteiger partial charge >= 0.3 is 6.09 Å². The fraction of sp³-hybridized carbons (Fsp3) is 0.471. The molecule has 3 amide bonds. The molecule has 132 valence electrons. The monoisotopic (exact) mass is 335 g/mol. The standard InChI is InChI=1S/C9H17NO2.C8H8N2O2/c1-9(2,3)12-8(11)10-7-5-4-6-7;11-6-9-10-8(12)7-4-2-1-3-5-7/h7H,4-6H2,1-3H3,(H,10,11);1-6H,(H,9,11)(H,10,12). The predicted molar refractivity (Wildman–Crippen MR) is 90.1 cm³/mol. The zero-order valence-corrected chi connectivity index (χ0v) is 14.3. The molecule has 1 aromatic carbocycles. The molecule has 7 heteroatoms. The minimum atomic E-state index is -0.381. The van der Waals surface area contributed by atoms with E-state index in [4.69, 9.17) is 4.74 Å². The van der Waals surface area contributed by atoms with Gasteiger partial charge in [0.05, 0.1) is 0 Å². The van der Waals surface area contributed by atoms with Gasteiger partial charge in [-0.3, -0.25) is 20.4 Å². The minimum absolute atomic E-state index is 0.285. The lowest BCUT2D eigenvalue weighted by Gasteiger charge is -2.28. The van der Waals surface area contributed by atoms with Crippen LogP contribution in [-0.2, 0) is 9.53 Å². The predicted octanol–water partition coefficient (Wildman–Crippen LogP) is 2.14. The molecule has 24 heavy (non-hydrogen) atoms. The molecule has 0 saturated heterocycles. The Hall–Kier alpha value is -2.57. The second-order valence-corrected chi connectivity index (χ2v) is 6.36. The van der Waals surface area contributed by atoms with E-state index in [9.17, 15) is 14.4 Å². The van der Waals surface area contributed by atoms with E-state index in [0.29, 0.717) is 18.0 Å². The molecule has 2 rings (SSSR count). The Morgan fingerprint density at radius 3 is 2.25 bits per heavy atom. The third-order valence-electron chi connectivity index (χ3n) is 3.11. The van der Waals surface area contributed by atoms with Crippen molar-refractivity contribution in [3.05, 3.63) is 35.9 Å². The number of rotatable bonds is 4. The number of hydrogen-bond acceptors (Lipinski definition) is 4. The molecule has 0 heterocycles. The summed E-state index contributed by atoms with van der Waals surface area (Å²) in [5.74, 6) is -0.331. The molecule has 1 saturated carbocycles. The van der Waals surface area contributed by atoms with Crippen molar-refractivity contribution in [3.63, 3.8) is 0 Å². The Bertz CT molecular complexity index is 537. The molecule has 3 N–H and O–H groups in total. The van der Waals surface area contributed by atoms with Crippen molar-refractivity contribution in [1.29, 1.82) is 0 Å². The lowest BCUT2D eigenvalue weighted by Crippen LogP contribution is -2.42. The number of hydrazine groups is 1. The molecule has 0 aliphatic heterocycles. The molecule has 0 bridgehead atoms. The highest BCUT2D eigenvalue weighted by atomic mass is 16.6. The number of hydrogen-bond donors (Lipinski definition) is 3. The van der Waals surface area contributed by atoms with Gasteiger partial charge < -0.3 is 10.1 Å². The van der Waals surface area contributed by atoms with Gasteiger partial charge in [0.15, 0.2) is 0 Å². The smallest absolute Gasteiger partial charge is 0.407 e. The highest BCUT2D eigenvalue weighted by Crippen LogP contribution is 2.18. The van der Waals surface area contributed by atoms with E-state index in [1.165, 1.54) is 6.42 Å². The summed E-state index contributed by atoms with van der Waals surface area (Å²) in [6.07, 6.45) is 3.53. The van der Waals surface area contributed by atoms with Crippen LogP contribution in [0.5, 0.6) is 0 Å². The summed E-state index contributed by atoms with van der Waals surface area (Å²) >= 11 is 0. The maximum Gasteiger partial charge on any atom is 0.407 e. The van der Waals surface area contributed by atoms with Crippen molar-refractivity contribution in [1.82, 2.24) is 16.2 Å². The molecule has 1 aliphatic rings. The number of nitrogens with one attached hydrogen (secondary N) is 3. The average molecular weight is 335 g/mol. The van der Waals surface area contributed by atoms with Crippen molar-refractivity contribution in [2.45, 2.75) is 51.7 Å². The topological polar surface area (TPSA) is 96.5 Å². The van der Waals surface area contributed by atoms with Gasteiger partial charge in [0.1, 0.15) is 5.60 Å². The fourth-order valence-electron chi connectivity index (χ4n) is 1.78. The van der Waals surface area contributed by atoms with Crippen molar-refractivity contribution in [3.8, 4) is 0 Å². The van der Waals surface area contributed by atoms with Crippen molar-refractivity contribution < 1.29 is 19.1 Å². The Morgan fingerprint density at radius 1 is 1.17 bits per heavy atom. The van der Waals surface area contributed by atoms with E-state index in [1.54, 1.807) is 24.3 Å². The van der Waals surface area contributed by atoms with Gasteiger partial charge in [0.2, 0.25) is 6.41 Å². The number of alkyl carbamates (subject to hydrolysis) is 1. The molecule has 0 unspecified atom stereocenters. The maximum atomic E-state index is 11.1. The van der Waals surface area contributed by atoms with Gasteiger partial charge in [-0.2, -0.15) is 0 Å². The van der Waals surface area contributed by atoms with Gasteiger partial charge in [-0.1, -0.05) is 18.2 Å². The Morgan fingerprint density at radius 2 is 1.79 bits per heavy atom. The van der Waals surface area contributed by atoms with E-state index in [1.807, 2.05) is 26.8 Å². The van der Waals surface area contributed by atoms with Gasteiger partial charge in [0, 0.05) is 11.6 Å². The van der Waals surface area contributed by atoms with Gasteiger partial charge in [-0.05, 0) is 52.2 Å². The highest BCUT2D eigenvalue weighted by molar-refractivity contribution is 5.94. The summed E-state index contributed by atoms with van der Waals surface area (Å²) in [5, 5.41) is 2.81. The van der Waals surface area contributed by atoms with Crippen molar-refractivity contribution >= 4 is 18.4 Å². The summed E-state index contributed by atoms with van der Waals surface area (Å²) in [4.78, 5) is 32.0. The molecule has 0 radical (unpaired) electrons. The maximum absolute atomic E-state index is 11.1. The molecule has 1 aliphatic carbocycles. The largest absolute Gasteiger partial charge is 0.444 e. The summed E-state index contributed by atoms with van der Waals surface area (Å²) in [5.41, 5.74) is 4.38. The summed E-state index contributed by atoms with van der Waals surface area (Å²) in [7, 11) is 0. The van der Waals surface area contributed by atoms with E-state index in [0.717, 1.165) is 12.8 Å². The number of amides is 3. The molecule has 1 aromatic rings. The number of ether oxygens (including phenoxy) is 1. The number of carbonyl (C=O) groups is 3. The van der Waals surface area contributed by atoms with Crippen molar-refractivity contribution in [2.75, 3.05) is 0 Å². The molecule has 1 fully saturated rings. The third-order valence-corrected chi connectivity index (χ3v) is 3.11.